The highest BCUT2D eigenvalue weighted by Crippen LogP contribution is 2.40. The first-order valence-electron chi connectivity index (χ1n) is 8.49. The summed E-state index contributed by atoms with van der Waals surface area (Å²) in [4.78, 5) is 11.6. The monoisotopic (exact) mass is 386 g/mol. The maximum absolute atomic E-state index is 6.32. The first-order chi connectivity index (χ1) is 11.7. The fourth-order valence-corrected chi connectivity index (χ4v) is 4.75. The number of nitrogens with one attached hydrogen (secondary N) is 1. The molecule has 1 atom stereocenters. The second kappa shape index (κ2) is 5.43. The minimum absolute atomic E-state index is 0.115. The molecule has 6 heteroatoms. The number of hydrogen-bond acceptors (Lipinski definition) is 5. The quantitative estimate of drug-likeness (QED) is 0.816. The summed E-state index contributed by atoms with van der Waals surface area (Å²) >= 11 is 3.60. The highest BCUT2D eigenvalue weighted by molar-refractivity contribution is 9.10. The van der Waals surface area contributed by atoms with Crippen molar-refractivity contribution in [3.05, 3.63) is 34.9 Å². The SMILES string of the molecule is Brc1cccc2cnc(NC3=NCC4(CN5CCC4CC5)O3)cc12. The molecule has 5 nitrogen and oxygen atoms in total. The van der Waals surface area contributed by atoms with Crippen molar-refractivity contribution >= 4 is 38.5 Å². The van der Waals surface area contributed by atoms with Gasteiger partial charge in [0, 0.05) is 33.9 Å². The van der Waals surface area contributed by atoms with Crippen LogP contribution in [0.25, 0.3) is 10.8 Å². The smallest absolute Gasteiger partial charge is 0.291 e. The summed E-state index contributed by atoms with van der Waals surface area (Å²) in [6, 6.07) is 8.76. The third-order valence-electron chi connectivity index (χ3n) is 5.56. The maximum Gasteiger partial charge on any atom is 0.291 e. The Kier molecular flexibility index (Phi) is 3.31. The number of piperidine rings is 3. The number of aromatic nitrogens is 1. The molecular formula is C18H19BrN4O. The van der Waals surface area contributed by atoms with Crippen molar-refractivity contribution in [1.29, 1.82) is 0 Å². The molecule has 6 rings (SSSR count). The van der Waals surface area contributed by atoms with Crippen molar-refractivity contribution in [1.82, 2.24) is 9.88 Å². The van der Waals surface area contributed by atoms with E-state index < -0.39 is 0 Å². The first-order valence-corrected chi connectivity index (χ1v) is 9.28. The summed E-state index contributed by atoms with van der Waals surface area (Å²) in [6.45, 7) is 4.18. The molecule has 0 radical (unpaired) electrons. The zero-order chi connectivity index (χ0) is 16.1. The molecule has 3 saturated heterocycles. The average Bonchev–Trinajstić information content (AvgIpc) is 2.99. The van der Waals surface area contributed by atoms with Crippen LogP contribution < -0.4 is 5.32 Å². The Hall–Kier alpha value is -1.66. The van der Waals surface area contributed by atoms with Crippen molar-refractivity contribution in [3.8, 4) is 0 Å². The van der Waals surface area contributed by atoms with E-state index in [1.165, 1.54) is 25.9 Å². The van der Waals surface area contributed by atoms with Gasteiger partial charge in [-0.3, -0.25) is 10.2 Å². The van der Waals surface area contributed by atoms with Crippen LogP contribution in [0.1, 0.15) is 12.8 Å². The minimum Gasteiger partial charge on any atom is -0.455 e. The fourth-order valence-electron chi connectivity index (χ4n) is 4.26. The molecule has 1 aromatic carbocycles. The van der Waals surface area contributed by atoms with Crippen LogP contribution in [0.3, 0.4) is 0 Å². The molecule has 1 aromatic heterocycles. The van der Waals surface area contributed by atoms with E-state index in [0.717, 1.165) is 34.2 Å². The van der Waals surface area contributed by atoms with Gasteiger partial charge in [-0.2, -0.15) is 0 Å². The second-order valence-corrected chi connectivity index (χ2v) is 7.85. The third kappa shape index (κ3) is 2.31. The summed E-state index contributed by atoms with van der Waals surface area (Å²) in [5, 5.41) is 5.51. The normalized spacial score (nSPS) is 31.3. The summed E-state index contributed by atoms with van der Waals surface area (Å²) in [5.74, 6) is 1.40. The van der Waals surface area contributed by atoms with Crippen LogP contribution in [-0.2, 0) is 4.74 Å². The lowest BCUT2D eigenvalue weighted by Gasteiger charge is -2.50. The Morgan fingerprint density at radius 2 is 2.17 bits per heavy atom. The van der Waals surface area contributed by atoms with Gasteiger partial charge in [0.15, 0.2) is 0 Å². The van der Waals surface area contributed by atoms with E-state index >= 15 is 0 Å². The number of nitrogens with zero attached hydrogens (tertiary/aromatic N) is 3. The van der Waals surface area contributed by atoms with Crippen molar-refractivity contribution < 1.29 is 4.74 Å². The molecule has 4 aliphatic heterocycles. The van der Waals surface area contributed by atoms with Crippen LogP contribution >= 0.6 is 15.9 Å². The molecule has 2 bridgehead atoms. The van der Waals surface area contributed by atoms with Crippen LogP contribution in [-0.4, -0.2) is 47.7 Å². The van der Waals surface area contributed by atoms with Crippen LogP contribution in [0.4, 0.5) is 5.82 Å². The molecule has 0 saturated carbocycles. The summed E-state index contributed by atoms with van der Waals surface area (Å²) in [7, 11) is 0. The average molecular weight is 387 g/mol. The number of benzene rings is 1. The Morgan fingerprint density at radius 1 is 1.29 bits per heavy atom. The van der Waals surface area contributed by atoms with Gasteiger partial charge in [0.1, 0.15) is 11.4 Å². The van der Waals surface area contributed by atoms with E-state index in [2.05, 4.69) is 42.2 Å². The number of pyridine rings is 1. The highest BCUT2D eigenvalue weighted by atomic mass is 79.9. The molecule has 24 heavy (non-hydrogen) atoms. The van der Waals surface area contributed by atoms with Gasteiger partial charge in [0.05, 0.1) is 6.54 Å². The van der Waals surface area contributed by atoms with E-state index in [0.29, 0.717) is 11.9 Å². The molecule has 5 heterocycles. The summed E-state index contributed by atoms with van der Waals surface area (Å²) in [6.07, 6.45) is 4.33. The van der Waals surface area contributed by atoms with Gasteiger partial charge in [-0.1, -0.05) is 28.1 Å². The Balaban J connectivity index is 1.37. The molecule has 4 aliphatic rings. The number of anilines is 1. The number of amidine groups is 1. The van der Waals surface area contributed by atoms with Gasteiger partial charge in [-0.15, -0.1) is 0 Å². The minimum atomic E-state index is -0.115. The molecular weight excluding hydrogens is 368 g/mol. The van der Waals surface area contributed by atoms with Crippen molar-refractivity contribution in [2.75, 3.05) is 31.5 Å². The Morgan fingerprint density at radius 3 is 2.96 bits per heavy atom. The molecule has 1 unspecified atom stereocenters. The van der Waals surface area contributed by atoms with E-state index in [9.17, 15) is 0 Å². The van der Waals surface area contributed by atoms with Gasteiger partial charge in [-0.05, 0) is 38.1 Å². The molecule has 2 aromatic rings. The molecule has 1 spiro atoms. The number of fused-ring (bicyclic) bond motifs is 3. The molecule has 1 N–H and O–H groups in total. The number of hydrogen-bond donors (Lipinski definition) is 1. The fraction of sp³-hybridized carbons (Fsp3) is 0.444. The largest absolute Gasteiger partial charge is 0.455 e. The molecule has 0 amide bonds. The van der Waals surface area contributed by atoms with Gasteiger partial charge in [-0.25, -0.2) is 9.98 Å². The zero-order valence-electron chi connectivity index (χ0n) is 13.3. The van der Waals surface area contributed by atoms with Gasteiger partial charge >= 0.3 is 0 Å². The van der Waals surface area contributed by atoms with Crippen molar-refractivity contribution in [3.63, 3.8) is 0 Å². The van der Waals surface area contributed by atoms with Crippen molar-refractivity contribution in [2.24, 2.45) is 10.9 Å². The highest BCUT2D eigenvalue weighted by Gasteiger charge is 2.51. The maximum atomic E-state index is 6.32. The summed E-state index contributed by atoms with van der Waals surface area (Å²) in [5.41, 5.74) is -0.115. The summed E-state index contributed by atoms with van der Waals surface area (Å²) < 4.78 is 7.38. The molecule has 3 fully saturated rings. The van der Waals surface area contributed by atoms with E-state index in [1.807, 2.05) is 24.4 Å². The number of aliphatic imine (C=N–C) groups is 1. The Bertz CT molecular complexity index is 831. The zero-order valence-corrected chi connectivity index (χ0v) is 14.9. The van der Waals surface area contributed by atoms with Gasteiger partial charge in [0.25, 0.3) is 6.02 Å². The topological polar surface area (TPSA) is 49.8 Å². The molecule has 124 valence electrons. The lowest BCUT2D eigenvalue weighted by atomic mass is 9.75. The van der Waals surface area contributed by atoms with Crippen LogP contribution in [0.5, 0.6) is 0 Å². The number of rotatable bonds is 1. The number of ether oxygens (including phenoxy) is 1. The Labute approximate surface area is 149 Å². The van der Waals surface area contributed by atoms with E-state index in [4.69, 9.17) is 4.74 Å². The lowest BCUT2D eigenvalue weighted by Crippen LogP contribution is -2.61. The standard InChI is InChI=1S/C18H19BrN4O/c19-15-3-1-2-12-9-20-16(8-14(12)15)22-17-21-10-18(24-17)11-23-6-4-13(18)5-7-23/h1-3,8-9,13H,4-7,10-11H2,(H,20,21,22). The van der Waals surface area contributed by atoms with Crippen LogP contribution in [0.15, 0.2) is 39.9 Å². The van der Waals surface area contributed by atoms with Gasteiger partial charge in [0.2, 0.25) is 0 Å². The van der Waals surface area contributed by atoms with Crippen LogP contribution in [0.2, 0.25) is 0 Å². The molecule has 0 aliphatic carbocycles. The number of halogens is 1. The second-order valence-electron chi connectivity index (χ2n) is 6.99. The predicted octanol–water partition coefficient (Wildman–Crippen LogP) is 3.26. The van der Waals surface area contributed by atoms with Crippen LogP contribution in [0, 0.1) is 5.92 Å². The predicted molar refractivity (Wildman–Crippen MR) is 98.3 cm³/mol. The lowest BCUT2D eigenvalue weighted by molar-refractivity contribution is -0.0829. The first kappa shape index (κ1) is 14.7. The van der Waals surface area contributed by atoms with E-state index in [-0.39, 0.29) is 5.60 Å². The van der Waals surface area contributed by atoms with Gasteiger partial charge < -0.3 is 4.74 Å². The third-order valence-corrected chi connectivity index (χ3v) is 6.25. The van der Waals surface area contributed by atoms with E-state index in [1.54, 1.807) is 0 Å². The van der Waals surface area contributed by atoms with Crippen molar-refractivity contribution in [2.45, 2.75) is 18.4 Å².